The molecular weight excluding hydrogens is 226 g/mol. The first-order valence-electron chi connectivity index (χ1n) is 5.20. The van der Waals surface area contributed by atoms with E-state index in [-0.39, 0.29) is 5.69 Å². The average molecular weight is 240 g/mol. The summed E-state index contributed by atoms with van der Waals surface area (Å²) in [5, 5.41) is 0.669. The molecule has 0 aliphatic rings. The van der Waals surface area contributed by atoms with Gasteiger partial charge in [0.05, 0.1) is 11.0 Å². The largest absolute Gasteiger partial charge is 0.330 e. The molecule has 1 heterocycles. The first kappa shape index (κ1) is 11.2. The first-order chi connectivity index (χ1) is 7.60. The Balaban J connectivity index is 2.45. The smallest absolute Gasteiger partial charge is 0.323 e. The molecule has 0 aliphatic carbocycles. The summed E-state index contributed by atoms with van der Waals surface area (Å²) < 4.78 is 0. The van der Waals surface area contributed by atoms with E-state index in [2.05, 4.69) is 16.9 Å². The van der Waals surface area contributed by atoms with E-state index in [1.54, 1.807) is 6.07 Å². The van der Waals surface area contributed by atoms with Gasteiger partial charge in [0.25, 0.3) is 0 Å². The van der Waals surface area contributed by atoms with Crippen molar-refractivity contribution >= 4 is 22.6 Å². The molecule has 0 radical (unpaired) electrons. The van der Waals surface area contributed by atoms with Gasteiger partial charge in [0, 0.05) is 5.02 Å². The summed E-state index contributed by atoms with van der Waals surface area (Å²) in [6.45, 7) is 2.69. The SMILES string of the molecule is CC(CN)Cc1cc2[nH]c(=O)[nH]c2cc1Cl. The Kier molecular flexibility index (Phi) is 3.03. The minimum absolute atomic E-state index is 0.213. The lowest BCUT2D eigenvalue weighted by atomic mass is 10.0. The highest BCUT2D eigenvalue weighted by Crippen LogP contribution is 2.23. The standard InChI is InChI=1S/C11H14ClN3O/c1-6(5-13)2-7-3-9-10(4-8(7)12)15-11(16)14-9/h3-4,6H,2,5,13H2,1H3,(H2,14,15,16). The van der Waals surface area contributed by atoms with Crippen LogP contribution in [0.2, 0.25) is 5.02 Å². The van der Waals surface area contributed by atoms with Crippen molar-refractivity contribution in [1.29, 1.82) is 0 Å². The van der Waals surface area contributed by atoms with E-state index < -0.39 is 0 Å². The van der Waals surface area contributed by atoms with Crippen LogP contribution in [0.15, 0.2) is 16.9 Å². The van der Waals surface area contributed by atoms with Gasteiger partial charge < -0.3 is 15.7 Å². The topological polar surface area (TPSA) is 74.7 Å². The number of halogens is 1. The van der Waals surface area contributed by atoms with Gasteiger partial charge in [-0.15, -0.1) is 0 Å². The number of rotatable bonds is 3. The lowest BCUT2D eigenvalue weighted by molar-refractivity contribution is 0.593. The Morgan fingerprint density at radius 3 is 2.62 bits per heavy atom. The Bertz CT molecular complexity index is 558. The molecule has 1 unspecified atom stereocenters. The van der Waals surface area contributed by atoms with Gasteiger partial charge in [-0.3, -0.25) is 0 Å². The molecule has 0 amide bonds. The average Bonchev–Trinajstić information content (AvgIpc) is 2.58. The second kappa shape index (κ2) is 4.31. The lowest BCUT2D eigenvalue weighted by Gasteiger charge is -2.09. The Morgan fingerprint density at radius 2 is 2.00 bits per heavy atom. The number of imidazole rings is 1. The fourth-order valence-electron chi connectivity index (χ4n) is 1.72. The van der Waals surface area contributed by atoms with Crippen LogP contribution in [-0.4, -0.2) is 16.5 Å². The van der Waals surface area contributed by atoms with Gasteiger partial charge in [0.2, 0.25) is 0 Å². The molecule has 0 saturated carbocycles. The lowest BCUT2D eigenvalue weighted by Crippen LogP contribution is -2.13. The number of aromatic amines is 2. The number of fused-ring (bicyclic) bond motifs is 1. The van der Waals surface area contributed by atoms with Crippen LogP contribution in [0.5, 0.6) is 0 Å². The molecule has 2 rings (SSSR count). The molecule has 0 fully saturated rings. The molecule has 4 N–H and O–H groups in total. The zero-order valence-electron chi connectivity index (χ0n) is 9.01. The van der Waals surface area contributed by atoms with E-state index in [9.17, 15) is 4.79 Å². The van der Waals surface area contributed by atoms with Crippen LogP contribution in [0, 0.1) is 5.92 Å². The third-order valence-electron chi connectivity index (χ3n) is 2.65. The molecule has 4 nitrogen and oxygen atoms in total. The van der Waals surface area contributed by atoms with Gasteiger partial charge in [0.15, 0.2) is 0 Å². The summed E-state index contributed by atoms with van der Waals surface area (Å²) in [6, 6.07) is 3.68. The van der Waals surface area contributed by atoms with Crippen LogP contribution < -0.4 is 11.4 Å². The Morgan fingerprint density at radius 1 is 1.38 bits per heavy atom. The van der Waals surface area contributed by atoms with Crippen LogP contribution in [0.1, 0.15) is 12.5 Å². The van der Waals surface area contributed by atoms with E-state index in [1.165, 1.54) is 0 Å². The molecule has 5 heteroatoms. The molecule has 1 atom stereocenters. The number of aromatic nitrogens is 2. The summed E-state index contributed by atoms with van der Waals surface area (Å²) in [6.07, 6.45) is 0.818. The highest BCUT2D eigenvalue weighted by atomic mass is 35.5. The fraction of sp³-hybridized carbons (Fsp3) is 0.364. The normalized spacial score (nSPS) is 13.2. The molecule has 16 heavy (non-hydrogen) atoms. The van der Waals surface area contributed by atoms with Crippen LogP contribution in [-0.2, 0) is 6.42 Å². The summed E-state index contributed by atoms with van der Waals surface area (Å²) in [5.74, 6) is 0.376. The van der Waals surface area contributed by atoms with Gasteiger partial charge in [0.1, 0.15) is 0 Å². The number of nitrogens with two attached hydrogens (primary N) is 1. The van der Waals surface area contributed by atoms with E-state index >= 15 is 0 Å². The molecule has 86 valence electrons. The number of hydrogen-bond donors (Lipinski definition) is 3. The van der Waals surface area contributed by atoms with Crippen molar-refractivity contribution in [2.24, 2.45) is 11.7 Å². The van der Waals surface area contributed by atoms with Crippen molar-refractivity contribution in [1.82, 2.24) is 9.97 Å². The third kappa shape index (κ3) is 2.13. The molecule has 0 aliphatic heterocycles. The Hall–Kier alpha value is -1.26. The zero-order chi connectivity index (χ0) is 11.7. The van der Waals surface area contributed by atoms with Gasteiger partial charge in [-0.1, -0.05) is 18.5 Å². The van der Waals surface area contributed by atoms with E-state index in [0.29, 0.717) is 17.5 Å². The predicted octanol–water partition coefficient (Wildman–Crippen LogP) is 1.65. The third-order valence-corrected chi connectivity index (χ3v) is 3.01. The highest BCUT2D eigenvalue weighted by Gasteiger charge is 2.08. The minimum atomic E-state index is -0.213. The molecule has 1 aromatic heterocycles. The molecule has 1 aromatic carbocycles. The van der Waals surface area contributed by atoms with Crippen molar-refractivity contribution in [2.75, 3.05) is 6.54 Å². The zero-order valence-corrected chi connectivity index (χ0v) is 9.77. The number of nitrogens with one attached hydrogen (secondary N) is 2. The van der Waals surface area contributed by atoms with Crippen LogP contribution >= 0.6 is 11.6 Å². The number of benzene rings is 1. The second-order valence-corrected chi connectivity index (χ2v) is 4.52. The van der Waals surface area contributed by atoms with Gasteiger partial charge >= 0.3 is 5.69 Å². The fourth-order valence-corrected chi connectivity index (χ4v) is 1.96. The number of hydrogen-bond acceptors (Lipinski definition) is 2. The van der Waals surface area contributed by atoms with Crippen molar-refractivity contribution in [3.63, 3.8) is 0 Å². The summed E-state index contributed by atoms with van der Waals surface area (Å²) in [7, 11) is 0. The van der Waals surface area contributed by atoms with Crippen LogP contribution in [0.4, 0.5) is 0 Å². The van der Waals surface area contributed by atoms with E-state index in [0.717, 1.165) is 23.0 Å². The summed E-state index contributed by atoms with van der Waals surface area (Å²) in [5.41, 5.74) is 7.90. The van der Waals surface area contributed by atoms with Crippen molar-refractivity contribution in [3.8, 4) is 0 Å². The first-order valence-corrected chi connectivity index (χ1v) is 5.58. The molecule has 0 bridgehead atoms. The van der Waals surface area contributed by atoms with Gasteiger partial charge in [-0.25, -0.2) is 4.79 Å². The van der Waals surface area contributed by atoms with Gasteiger partial charge in [-0.2, -0.15) is 0 Å². The van der Waals surface area contributed by atoms with Crippen molar-refractivity contribution in [3.05, 3.63) is 33.2 Å². The Labute approximate surface area is 97.8 Å². The van der Waals surface area contributed by atoms with Gasteiger partial charge in [-0.05, 0) is 36.6 Å². The summed E-state index contributed by atoms with van der Waals surface area (Å²) >= 11 is 6.14. The molecular formula is C11H14ClN3O. The monoisotopic (exact) mass is 239 g/mol. The maximum absolute atomic E-state index is 11.1. The predicted molar refractivity (Wildman–Crippen MR) is 65.9 cm³/mol. The maximum Gasteiger partial charge on any atom is 0.323 e. The van der Waals surface area contributed by atoms with Crippen LogP contribution in [0.25, 0.3) is 11.0 Å². The molecule has 2 aromatic rings. The van der Waals surface area contributed by atoms with Crippen molar-refractivity contribution in [2.45, 2.75) is 13.3 Å². The number of H-pyrrole nitrogens is 2. The highest BCUT2D eigenvalue weighted by molar-refractivity contribution is 6.32. The summed E-state index contributed by atoms with van der Waals surface area (Å²) in [4.78, 5) is 16.5. The maximum atomic E-state index is 11.1. The van der Waals surface area contributed by atoms with E-state index in [4.69, 9.17) is 17.3 Å². The van der Waals surface area contributed by atoms with Crippen LogP contribution in [0.3, 0.4) is 0 Å². The molecule has 0 spiro atoms. The van der Waals surface area contributed by atoms with E-state index in [1.807, 2.05) is 6.07 Å². The van der Waals surface area contributed by atoms with Crippen molar-refractivity contribution < 1.29 is 0 Å². The second-order valence-electron chi connectivity index (χ2n) is 4.11. The minimum Gasteiger partial charge on any atom is -0.330 e. The quantitative estimate of drug-likeness (QED) is 0.762. The molecule has 0 saturated heterocycles.